The molecule has 1 unspecified atom stereocenters. The highest BCUT2D eigenvalue weighted by Gasteiger charge is 2.26. The minimum absolute atomic E-state index is 0.272. The van der Waals surface area contributed by atoms with Gasteiger partial charge in [0.15, 0.2) is 0 Å². The number of hydrogen-bond acceptors (Lipinski definition) is 3. The van der Waals surface area contributed by atoms with Crippen molar-refractivity contribution in [3.8, 4) is 0 Å². The first-order valence-corrected chi connectivity index (χ1v) is 10.1. The van der Waals surface area contributed by atoms with Crippen LogP contribution in [-0.2, 0) is 9.59 Å². The predicted octanol–water partition coefficient (Wildman–Crippen LogP) is 5.00. The Morgan fingerprint density at radius 2 is 1.75 bits per heavy atom. The first-order chi connectivity index (χ1) is 13.3. The lowest BCUT2D eigenvalue weighted by Crippen LogP contribution is -2.38. The van der Waals surface area contributed by atoms with Gasteiger partial charge in [-0.15, -0.1) is 0 Å². The molecule has 2 amide bonds. The molecule has 1 atom stereocenters. The van der Waals surface area contributed by atoms with E-state index < -0.39 is 6.43 Å². The SMILES string of the molecule is CCCC(C)c1ccc(C2CCN(C(C)C)CC2)c(C(F)F)c1.O=CNC=O. The number of rotatable bonds is 8. The number of benzene rings is 1. The van der Waals surface area contributed by atoms with Gasteiger partial charge in [0.2, 0.25) is 12.8 Å². The van der Waals surface area contributed by atoms with E-state index in [1.54, 1.807) is 11.4 Å². The van der Waals surface area contributed by atoms with Gasteiger partial charge in [0.25, 0.3) is 6.43 Å². The normalized spacial score (nSPS) is 16.4. The van der Waals surface area contributed by atoms with Gasteiger partial charge in [-0.3, -0.25) is 9.59 Å². The third-order valence-corrected chi connectivity index (χ3v) is 5.47. The van der Waals surface area contributed by atoms with Crippen molar-refractivity contribution < 1.29 is 18.4 Å². The van der Waals surface area contributed by atoms with Crippen molar-refractivity contribution >= 4 is 12.8 Å². The number of imide groups is 1. The molecule has 6 heteroatoms. The maximum atomic E-state index is 13.6. The number of likely N-dealkylation sites (tertiary alicyclic amines) is 1. The average Bonchev–Trinajstić information content (AvgIpc) is 2.69. The van der Waals surface area contributed by atoms with E-state index in [0.29, 0.717) is 24.8 Å². The minimum Gasteiger partial charge on any atom is -0.302 e. The average molecular weight is 397 g/mol. The molecule has 0 spiro atoms. The largest absolute Gasteiger partial charge is 0.302 e. The summed E-state index contributed by atoms with van der Waals surface area (Å²) in [7, 11) is 0. The molecule has 1 aliphatic rings. The molecule has 4 nitrogen and oxygen atoms in total. The van der Waals surface area contributed by atoms with Crippen LogP contribution in [0.5, 0.6) is 0 Å². The van der Waals surface area contributed by atoms with Crippen molar-refractivity contribution in [1.82, 2.24) is 10.2 Å². The molecule has 1 heterocycles. The van der Waals surface area contributed by atoms with Crippen molar-refractivity contribution in [1.29, 1.82) is 0 Å². The van der Waals surface area contributed by atoms with Crippen LogP contribution in [0, 0.1) is 0 Å². The Balaban J connectivity index is 0.000000696. The number of alkyl halides is 2. The molecule has 158 valence electrons. The zero-order chi connectivity index (χ0) is 21.1. The molecule has 1 aliphatic heterocycles. The van der Waals surface area contributed by atoms with E-state index >= 15 is 0 Å². The molecule has 0 aromatic heterocycles. The smallest absolute Gasteiger partial charge is 0.264 e. The molecular weight excluding hydrogens is 362 g/mol. The summed E-state index contributed by atoms with van der Waals surface area (Å²) in [5, 5.41) is 1.75. The lowest BCUT2D eigenvalue weighted by Gasteiger charge is -2.35. The second-order valence-corrected chi connectivity index (χ2v) is 7.69. The lowest BCUT2D eigenvalue weighted by molar-refractivity contribution is -0.117. The zero-order valence-corrected chi connectivity index (χ0v) is 17.5. The highest BCUT2D eigenvalue weighted by Crippen LogP contribution is 2.37. The van der Waals surface area contributed by atoms with Gasteiger partial charge in [-0.2, -0.15) is 0 Å². The fraction of sp³-hybridized carbons (Fsp3) is 0.636. The highest BCUT2D eigenvalue weighted by molar-refractivity contribution is 5.67. The first kappa shape index (κ1) is 24.2. The van der Waals surface area contributed by atoms with Crippen LogP contribution in [-0.4, -0.2) is 36.9 Å². The van der Waals surface area contributed by atoms with Crippen LogP contribution in [0.1, 0.15) is 88.3 Å². The van der Waals surface area contributed by atoms with Crippen LogP contribution in [0.25, 0.3) is 0 Å². The van der Waals surface area contributed by atoms with Crippen molar-refractivity contribution in [2.75, 3.05) is 13.1 Å². The predicted molar refractivity (Wildman–Crippen MR) is 109 cm³/mol. The Labute approximate surface area is 167 Å². The summed E-state index contributed by atoms with van der Waals surface area (Å²) in [6.45, 7) is 10.7. The second kappa shape index (κ2) is 12.6. The highest BCUT2D eigenvalue weighted by atomic mass is 19.3. The lowest BCUT2D eigenvalue weighted by atomic mass is 9.84. The topological polar surface area (TPSA) is 49.4 Å². The molecule has 1 aromatic rings. The van der Waals surface area contributed by atoms with Gasteiger partial charge in [0.1, 0.15) is 0 Å². The van der Waals surface area contributed by atoms with Crippen molar-refractivity contribution in [2.45, 2.75) is 77.7 Å². The van der Waals surface area contributed by atoms with E-state index in [4.69, 9.17) is 9.59 Å². The molecule has 0 bridgehead atoms. The molecule has 0 radical (unpaired) electrons. The molecule has 2 rings (SSSR count). The summed E-state index contributed by atoms with van der Waals surface area (Å²) in [6, 6.07) is 6.38. The summed E-state index contributed by atoms with van der Waals surface area (Å²) in [5.41, 5.74) is 2.22. The van der Waals surface area contributed by atoms with Crippen LogP contribution in [0.4, 0.5) is 8.78 Å². The molecule has 1 N–H and O–H groups in total. The Morgan fingerprint density at radius 1 is 1.14 bits per heavy atom. The van der Waals surface area contributed by atoms with Crippen molar-refractivity contribution in [3.05, 3.63) is 34.9 Å². The van der Waals surface area contributed by atoms with Crippen LogP contribution in [0.15, 0.2) is 18.2 Å². The number of piperidine rings is 1. The van der Waals surface area contributed by atoms with Crippen LogP contribution >= 0.6 is 0 Å². The van der Waals surface area contributed by atoms with Crippen molar-refractivity contribution in [2.24, 2.45) is 0 Å². The van der Waals surface area contributed by atoms with E-state index in [0.717, 1.165) is 49.9 Å². The van der Waals surface area contributed by atoms with E-state index in [1.807, 2.05) is 6.07 Å². The number of hydrogen-bond donors (Lipinski definition) is 1. The quantitative estimate of drug-likeness (QED) is 0.629. The van der Waals surface area contributed by atoms with E-state index in [9.17, 15) is 8.78 Å². The Kier molecular flexibility index (Phi) is 10.9. The molecule has 1 saturated heterocycles. The minimum atomic E-state index is -2.37. The number of amides is 2. The number of carbonyl (C=O) groups is 2. The summed E-state index contributed by atoms with van der Waals surface area (Å²) >= 11 is 0. The van der Waals surface area contributed by atoms with Crippen LogP contribution < -0.4 is 5.32 Å². The molecule has 1 aromatic carbocycles. The van der Waals surface area contributed by atoms with Gasteiger partial charge in [-0.05, 0) is 75.2 Å². The molecule has 0 aliphatic carbocycles. The summed E-state index contributed by atoms with van der Waals surface area (Å²) in [4.78, 5) is 20.6. The third-order valence-electron chi connectivity index (χ3n) is 5.47. The molecule has 0 saturated carbocycles. The van der Waals surface area contributed by atoms with Gasteiger partial charge in [0.05, 0.1) is 0 Å². The number of halogens is 2. The molecule has 28 heavy (non-hydrogen) atoms. The van der Waals surface area contributed by atoms with Gasteiger partial charge in [-0.1, -0.05) is 32.4 Å². The molecular formula is C22H34F2N2O2. The number of nitrogens with one attached hydrogen (secondary N) is 1. The van der Waals surface area contributed by atoms with Gasteiger partial charge in [0, 0.05) is 11.6 Å². The third kappa shape index (κ3) is 7.30. The summed E-state index contributed by atoms with van der Waals surface area (Å²) < 4.78 is 27.2. The Bertz CT molecular complexity index is 594. The summed E-state index contributed by atoms with van der Waals surface area (Å²) in [5.74, 6) is 0.638. The standard InChI is InChI=1S/C20H31F2N.C2H3NO2/c1-5-6-15(4)17-7-8-18(19(13-17)20(21)22)16-9-11-23(12-10-16)14(2)3;4-1-3-2-5/h7-8,13-16,20H,5-6,9-12H2,1-4H3;1-2H,(H,3,4,5). The second-order valence-electron chi connectivity index (χ2n) is 7.69. The zero-order valence-electron chi connectivity index (χ0n) is 17.5. The van der Waals surface area contributed by atoms with Crippen molar-refractivity contribution in [3.63, 3.8) is 0 Å². The van der Waals surface area contributed by atoms with Gasteiger partial charge < -0.3 is 10.2 Å². The van der Waals surface area contributed by atoms with Gasteiger partial charge in [-0.25, -0.2) is 8.78 Å². The number of carbonyl (C=O) groups excluding carboxylic acids is 2. The van der Waals surface area contributed by atoms with E-state index in [1.165, 1.54) is 0 Å². The van der Waals surface area contributed by atoms with E-state index in [-0.39, 0.29) is 11.5 Å². The maximum Gasteiger partial charge on any atom is 0.264 e. The first-order valence-electron chi connectivity index (χ1n) is 10.1. The van der Waals surface area contributed by atoms with Crippen LogP contribution in [0.2, 0.25) is 0 Å². The van der Waals surface area contributed by atoms with E-state index in [2.05, 4.69) is 38.7 Å². The maximum absolute atomic E-state index is 13.6. The fourth-order valence-electron chi connectivity index (χ4n) is 3.81. The Morgan fingerprint density at radius 3 is 2.18 bits per heavy atom. The fourth-order valence-corrected chi connectivity index (χ4v) is 3.81. The summed E-state index contributed by atoms with van der Waals surface area (Å²) in [6.07, 6.45) is 2.36. The monoisotopic (exact) mass is 396 g/mol. The van der Waals surface area contributed by atoms with Gasteiger partial charge >= 0.3 is 0 Å². The van der Waals surface area contributed by atoms with Crippen LogP contribution in [0.3, 0.4) is 0 Å². The molecule has 1 fully saturated rings. The Hall–Kier alpha value is -1.82. The number of nitrogens with zero attached hydrogens (tertiary/aromatic N) is 1.